The number of para-hydroxylation sites is 1. The van der Waals surface area contributed by atoms with Crippen molar-refractivity contribution in [2.75, 3.05) is 5.32 Å². The lowest BCUT2D eigenvalue weighted by Gasteiger charge is -2.22. The smallest absolute Gasteiger partial charge is 0.340 e. The van der Waals surface area contributed by atoms with E-state index in [1.165, 1.54) is 6.07 Å². The standard InChI is InChI=1S/C30H29N3O4/c1-17-12-21(18(2)33-23-9-7-6-8-20(23)29(35)37-30(3,4)5)28-22(13-17)26(34)15-27(36-28)19-14-25-24(32-16-19)10-11-31-25/h6-16,18,31,33H,1-5H3. The number of hydrogen-bond donors (Lipinski definition) is 2. The van der Waals surface area contributed by atoms with Gasteiger partial charge >= 0.3 is 5.97 Å². The van der Waals surface area contributed by atoms with Gasteiger partial charge in [-0.2, -0.15) is 0 Å². The number of aromatic amines is 1. The number of carbonyl (C=O) groups is 1. The van der Waals surface area contributed by atoms with Gasteiger partial charge in [0, 0.05) is 35.3 Å². The second-order valence-corrected chi connectivity index (χ2v) is 10.3. The van der Waals surface area contributed by atoms with Gasteiger partial charge < -0.3 is 19.5 Å². The summed E-state index contributed by atoms with van der Waals surface area (Å²) in [5, 5.41) is 3.93. The molecule has 1 unspecified atom stereocenters. The van der Waals surface area contributed by atoms with E-state index >= 15 is 0 Å². The topological polar surface area (TPSA) is 97.2 Å². The van der Waals surface area contributed by atoms with Crippen LogP contribution in [0.1, 0.15) is 55.2 Å². The van der Waals surface area contributed by atoms with Crippen molar-refractivity contribution in [1.82, 2.24) is 9.97 Å². The van der Waals surface area contributed by atoms with Gasteiger partial charge in [0.1, 0.15) is 16.9 Å². The van der Waals surface area contributed by atoms with Crippen LogP contribution >= 0.6 is 0 Å². The van der Waals surface area contributed by atoms with E-state index < -0.39 is 11.6 Å². The fraction of sp³-hybridized carbons (Fsp3) is 0.233. The van der Waals surface area contributed by atoms with Gasteiger partial charge in [0.05, 0.1) is 28.0 Å². The zero-order valence-electron chi connectivity index (χ0n) is 21.5. The molecule has 0 radical (unpaired) electrons. The van der Waals surface area contributed by atoms with Crippen LogP contribution in [0.2, 0.25) is 0 Å². The molecule has 7 nitrogen and oxygen atoms in total. The van der Waals surface area contributed by atoms with Gasteiger partial charge in [-0.3, -0.25) is 9.78 Å². The zero-order chi connectivity index (χ0) is 26.3. The van der Waals surface area contributed by atoms with E-state index in [1.807, 2.05) is 77.2 Å². The molecule has 0 aliphatic heterocycles. The molecule has 2 N–H and O–H groups in total. The number of carbonyl (C=O) groups excluding carboxylic acids is 1. The van der Waals surface area contributed by atoms with Gasteiger partial charge in [-0.1, -0.05) is 18.2 Å². The fourth-order valence-electron chi connectivity index (χ4n) is 4.40. The van der Waals surface area contributed by atoms with E-state index in [0.717, 1.165) is 22.2 Å². The zero-order valence-corrected chi connectivity index (χ0v) is 21.5. The molecule has 1 atom stereocenters. The second kappa shape index (κ2) is 9.24. The molecule has 188 valence electrons. The minimum absolute atomic E-state index is 0.130. The highest BCUT2D eigenvalue weighted by molar-refractivity contribution is 5.96. The molecule has 0 spiro atoms. The Balaban J connectivity index is 1.57. The molecule has 0 aliphatic carbocycles. The third kappa shape index (κ3) is 4.98. The molecule has 5 rings (SSSR count). The van der Waals surface area contributed by atoms with Gasteiger partial charge in [-0.25, -0.2) is 4.79 Å². The van der Waals surface area contributed by atoms with E-state index in [2.05, 4.69) is 15.3 Å². The first-order valence-electron chi connectivity index (χ1n) is 12.2. The summed E-state index contributed by atoms with van der Waals surface area (Å²) in [6.45, 7) is 9.43. The van der Waals surface area contributed by atoms with Crippen molar-refractivity contribution in [3.63, 3.8) is 0 Å². The van der Waals surface area contributed by atoms with Gasteiger partial charge in [0.15, 0.2) is 5.43 Å². The molecule has 37 heavy (non-hydrogen) atoms. The number of rotatable bonds is 5. The van der Waals surface area contributed by atoms with E-state index in [0.29, 0.717) is 33.5 Å². The average molecular weight is 496 g/mol. The number of aromatic nitrogens is 2. The molecule has 0 amide bonds. The summed E-state index contributed by atoms with van der Waals surface area (Å²) >= 11 is 0. The molecule has 2 aromatic carbocycles. The van der Waals surface area contributed by atoms with Crippen LogP contribution in [0.25, 0.3) is 33.3 Å². The van der Waals surface area contributed by atoms with Crippen LogP contribution in [0, 0.1) is 6.92 Å². The quantitative estimate of drug-likeness (QED) is 0.261. The summed E-state index contributed by atoms with van der Waals surface area (Å²) in [6.07, 6.45) is 3.52. The number of pyridine rings is 1. The fourth-order valence-corrected chi connectivity index (χ4v) is 4.40. The molecule has 0 saturated carbocycles. The lowest BCUT2D eigenvalue weighted by molar-refractivity contribution is 0.00706. The van der Waals surface area contributed by atoms with E-state index in [9.17, 15) is 9.59 Å². The summed E-state index contributed by atoms with van der Waals surface area (Å²) < 4.78 is 12.0. The lowest BCUT2D eigenvalue weighted by atomic mass is 10.00. The molecule has 3 aromatic heterocycles. The molecule has 5 aromatic rings. The minimum Gasteiger partial charge on any atom is -0.456 e. The van der Waals surface area contributed by atoms with Crippen molar-refractivity contribution in [3.05, 3.63) is 93.9 Å². The molecule has 0 aliphatic rings. The van der Waals surface area contributed by atoms with E-state index in [-0.39, 0.29) is 11.5 Å². The predicted molar refractivity (Wildman–Crippen MR) is 146 cm³/mol. The number of ether oxygens (including phenoxy) is 1. The first-order valence-corrected chi connectivity index (χ1v) is 12.2. The van der Waals surface area contributed by atoms with Crippen LogP contribution in [0.5, 0.6) is 0 Å². The van der Waals surface area contributed by atoms with Crippen molar-refractivity contribution in [2.45, 2.75) is 46.3 Å². The first-order chi connectivity index (χ1) is 17.6. The Kier molecular flexibility index (Phi) is 6.07. The normalized spacial score (nSPS) is 12.6. The van der Waals surface area contributed by atoms with Crippen molar-refractivity contribution in [1.29, 1.82) is 0 Å². The predicted octanol–water partition coefficient (Wildman–Crippen LogP) is 6.77. The number of aryl methyl sites for hydroxylation is 1. The third-order valence-electron chi connectivity index (χ3n) is 6.07. The first kappa shape index (κ1) is 24.3. The number of anilines is 1. The van der Waals surface area contributed by atoms with Crippen molar-refractivity contribution < 1.29 is 13.9 Å². The Hall–Kier alpha value is -4.39. The van der Waals surface area contributed by atoms with Gasteiger partial charge in [0.25, 0.3) is 0 Å². The molecule has 0 bridgehead atoms. The minimum atomic E-state index is -0.611. The maximum atomic E-state index is 13.2. The summed E-state index contributed by atoms with van der Waals surface area (Å²) in [7, 11) is 0. The second-order valence-electron chi connectivity index (χ2n) is 10.3. The summed E-state index contributed by atoms with van der Waals surface area (Å²) in [5.74, 6) is 0.0332. The maximum Gasteiger partial charge on any atom is 0.340 e. The molecule has 7 heteroatoms. The number of esters is 1. The molecule has 0 fully saturated rings. The van der Waals surface area contributed by atoms with Gasteiger partial charge in [0.2, 0.25) is 0 Å². The maximum absolute atomic E-state index is 13.2. The van der Waals surface area contributed by atoms with Crippen LogP contribution in [-0.2, 0) is 4.74 Å². The molecule has 0 saturated heterocycles. The highest BCUT2D eigenvalue weighted by Crippen LogP contribution is 2.32. The highest BCUT2D eigenvalue weighted by atomic mass is 16.6. The SMILES string of the molecule is Cc1cc(C(C)Nc2ccccc2C(=O)OC(C)(C)C)c2oc(-c3cnc4cc[nH]c4c3)cc(=O)c2c1. The van der Waals surface area contributed by atoms with Crippen LogP contribution in [0.4, 0.5) is 5.69 Å². The Morgan fingerprint density at radius 2 is 1.89 bits per heavy atom. The summed E-state index contributed by atoms with van der Waals surface area (Å²) in [4.78, 5) is 33.6. The number of benzene rings is 2. The van der Waals surface area contributed by atoms with Crippen LogP contribution in [0.3, 0.4) is 0 Å². The summed E-state index contributed by atoms with van der Waals surface area (Å²) in [5.41, 5.74) is 4.98. The Bertz CT molecular complexity index is 1690. The van der Waals surface area contributed by atoms with Gasteiger partial charge in [-0.05, 0) is 70.5 Å². The molecular formula is C30H29N3O4. The average Bonchev–Trinajstić information content (AvgIpc) is 3.31. The van der Waals surface area contributed by atoms with Gasteiger partial charge in [-0.15, -0.1) is 0 Å². The van der Waals surface area contributed by atoms with Crippen molar-refractivity contribution in [3.8, 4) is 11.3 Å². The van der Waals surface area contributed by atoms with Crippen LogP contribution in [0.15, 0.2) is 76.2 Å². The highest BCUT2D eigenvalue weighted by Gasteiger charge is 2.22. The number of hydrogen-bond acceptors (Lipinski definition) is 6. The summed E-state index contributed by atoms with van der Waals surface area (Å²) in [6, 6.07) is 16.1. The number of nitrogens with zero attached hydrogens (tertiary/aromatic N) is 1. The van der Waals surface area contributed by atoms with Crippen LogP contribution in [-0.4, -0.2) is 21.5 Å². The Labute approximate surface area is 214 Å². The molecule has 3 heterocycles. The Morgan fingerprint density at radius 1 is 1.11 bits per heavy atom. The Morgan fingerprint density at radius 3 is 2.68 bits per heavy atom. The lowest BCUT2D eigenvalue weighted by Crippen LogP contribution is -2.24. The van der Waals surface area contributed by atoms with Crippen LogP contribution < -0.4 is 10.7 Å². The van der Waals surface area contributed by atoms with E-state index in [1.54, 1.807) is 18.3 Å². The largest absolute Gasteiger partial charge is 0.456 e. The number of H-pyrrole nitrogens is 1. The number of nitrogens with one attached hydrogen (secondary N) is 2. The third-order valence-corrected chi connectivity index (χ3v) is 6.07. The van der Waals surface area contributed by atoms with E-state index in [4.69, 9.17) is 9.15 Å². The monoisotopic (exact) mass is 495 g/mol. The van der Waals surface area contributed by atoms with Crippen molar-refractivity contribution in [2.24, 2.45) is 0 Å². The molecular weight excluding hydrogens is 466 g/mol. The number of fused-ring (bicyclic) bond motifs is 2. The van der Waals surface area contributed by atoms with Crippen molar-refractivity contribution >= 4 is 33.7 Å².